The van der Waals surface area contributed by atoms with E-state index in [2.05, 4.69) is 49.4 Å². The lowest BCUT2D eigenvalue weighted by molar-refractivity contribution is 0.597. The van der Waals surface area contributed by atoms with Gasteiger partial charge in [-0.05, 0) is 31.2 Å². The Morgan fingerprint density at radius 1 is 1.53 bits per heavy atom. The van der Waals surface area contributed by atoms with Crippen LogP contribution in [0.3, 0.4) is 0 Å². The van der Waals surface area contributed by atoms with Gasteiger partial charge in [-0.2, -0.15) is 0 Å². The number of thioether (sulfide) groups is 1. The van der Waals surface area contributed by atoms with Crippen LogP contribution < -0.4 is 5.32 Å². The van der Waals surface area contributed by atoms with E-state index in [0.717, 1.165) is 12.3 Å². The van der Waals surface area contributed by atoms with Gasteiger partial charge in [-0.3, -0.25) is 0 Å². The Morgan fingerprint density at radius 3 is 3.00 bits per heavy atom. The highest BCUT2D eigenvalue weighted by atomic mass is 32.2. The first kappa shape index (κ1) is 12.2. The second-order valence-corrected chi connectivity index (χ2v) is 4.39. The maximum atomic E-state index is 5.24. The van der Waals surface area contributed by atoms with E-state index in [-0.39, 0.29) is 0 Å². The summed E-state index contributed by atoms with van der Waals surface area (Å²) in [6.07, 6.45) is 5.24. The van der Waals surface area contributed by atoms with Gasteiger partial charge in [0.25, 0.3) is 0 Å². The van der Waals surface area contributed by atoms with Gasteiger partial charge < -0.3 is 5.32 Å². The molecule has 1 unspecified atom stereocenters. The Labute approximate surface area is 96.7 Å². The van der Waals surface area contributed by atoms with Crippen LogP contribution >= 0.6 is 11.8 Å². The van der Waals surface area contributed by atoms with E-state index < -0.39 is 0 Å². The van der Waals surface area contributed by atoms with Crippen LogP contribution in [-0.2, 0) is 0 Å². The van der Waals surface area contributed by atoms with Crippen molar-refractivity contribution in [3.05, 3.63) is 29.8 Å². The minimum atomic E-state index is 0.404. The van der Waals surface area contributed by atoms with Crippen LogP contribution in [0, 0.1) is 12.3 Å². The molecule has 0 heterocycles. The molecule has 1 atom stereocenters. The number of hydrogen-bond donors (Lipinski definition) is 1. The zero-order valence-electron chi connectivity index (χ0n) is 9.29. The molecule has 1 rings (SSSR count). The van der Waals surface area contributed by atoms with E-state index in [1.54, 1.807) is 11.8 Å². The van der Waals surface area contributed by atoms with Crippen molar-refractivity contribution in [3.63, 3.8) is 0 Å². The first-order valence-electron chi connectivity index (χ1n) is 5.17. The molecule has 0 aliphatic heterocycles. The summed E-state index contributed by atoms with van der Waals surface area (Å²) in [6.45, 7) is 5.28. The number of rotatable bonds is 5. The molecule has 80 valence electrons. The summed E-state index contributed by atoms with van der Waals surface area (Å²) in [5.74, 6) is 3.37. The van der Waals surface area contributed by atoms with E-state index >= 15 is 0 Å². The molecule has 0 spiro atoms. The molecule has 0 amide bonds. The second-order valence-electron chi connectivity index (χ2n) is 3.34. The van der Waals surface area contributed by atoms with Crippen molar-refractivity contribution in [2.24, 2.45) is 0 Å². The zero-order valence-corrected chi connectivity index (χ0v) is 10.1. The summed E-state index contributed by atoms with van der Waals surface area (Å²) in [6, 6.07) is 8.94. The molecular formula is C13H17NS. The highest BCUT2D eigenvalue weighted by molar-refractivity contribution is 7.99. The van der Waals surface area contributed by atoms with E-state index in [4.69, 9.17) is 6.42 Å². The number of benzene rings is 1. The Balaban J connectivity index is 2.69. The molecule has 1 N–H and O–H groups in total. The average molecular weight is 219 g/mol. The van der Waals surface area contributed by atoms with E-state index in [9.17, 15) is 0 Å². The van der Waals surface area contributed by atoms with Crippen LogP contribution in [0.2, 0.25) is 0 Å². The fourth-order valence-corrected chi connectivity index (χ4v) is 2.07. The Bertz CT molecular complexity index is 341. The van der Waals surface area contributed by atoms with E-state index in [1.807, 2.05) is 0 Å². The minimum absolute atomic E-state index is 0.404. The summed E-state index contributed by atoms with van der Waals surface area (Å²) in [5, 5.41) is 3.40. The zero-order chi connectivity index (χ0) is 11.1. The standard InChI is InChI=1S/C13H17NS/c1-4-9-15-13-8-6-7-12(10-13)11(3)14-5-2/h1,6-8,10-11,14H,5,9H2,2-3H3. The van der Waals surface area contributed by atoms with Crippen LogP contribution in [0.5, 0.6) is 0 Å². The third-order valence-corrected chi connectivity index (χ3v) is 3.09. The van der Waals surface area contributed by atoms with Gasteiger partial charge in [0, 0.05) is 10.9 Å². The van der Waals surface area contributed by atoms with Crippen LogP contribution in [0.15, 0.2) is 29.2 Å². The highest BCUT2D eigenvalue weighted by Crippen LogP contribution is 2.21. The molecule has 0 radical (unpaired) electrons. The Morgan fingerprint density at radius 2 is 2.33 bits per heavy atom. The van der Waals surface area contributed by atoms with Gasteiger partial charge in [0.05, 0.1) is 5.75 Å². The first-order chi connectivity index (χ1) is 7.27. The van der Waals surface area contributed by atoms with Gasteiger partial charge in [0.15, 0.2) is 0 Å². The van der Waals surface area contributed by atoms with Crippen molar-refractivity contribution in [2.75, 3.05) is 12.3 Å². The highest BCUT2D eigenvalue weighted by Gasteiger charge is 2.03. The monoisotopic (exact) mass is 219 g/mol. The van der Waals surface area contributed by atoms with Crippen molar-refractivity contribution < 1.29 is 0 Å². The molecule has 0 fully saturated rings. The number of nitrogens with one attached hydrogen (secondary N) is 1. The molecule has 1 aromatic carbocycles. The van der Waals surface area contributed by atoms with Crippen LogP contribution in [0.25, 0.3) is 0 Å². The van der Waals surface area contributed by atoms with Crippen molar-refractivity contribution in [1.29, 1.82) is 0 Å². The fourth-order valence-electron chi connectivity index (χ4n) is 1.42. The van der Waals surface area contributed by atoms with Gasteiger partial charge in [-0.25, -0.2) is 0 Å². The molecule has 1 aromatic rings. The predicted molar refractivity (Wildman–Crippen MR) is 68.1 cm³/mol. The van der Waals surface area contributed by atoms with Crippen molar-refractivity contribution in [2.45, 2.75) is 24.8 Å². The van der Waals surface area contributed by atoms with E-state index in [0.29, 0.717) is 6.04 Å². The summed E-state index contributed by atoms with van der Waals surface area (Å²) >= 11 is 1.71. The Hall–Kier alpha value is -0.910. The van der Waals surface area contributed by atoms with Crippen molar-refractivity contribution in [1.82, 2.24) is 5.32 Å². The molecular weight excluding hydrogens is 202 g/mol. The smallest absolute Gasteiger partial charge is 0.0592 e. The lowest BCUT2D eigenvalue weighted by atomic mass is 10.1. The largest absolute Gasteiger partial charge is 0.310 e. The number of hydrogen-bond acceptors (Lipinski definition) is 2. The van der Waals surface area contributed by atoms with Gasteiger partial charge >= 0.3 is 0 Å². The molecule has 15 heavy (non-hydrogen) atoms. The first-order valence-corrected chi connectivity index (χ1v) is 6.16. The van der Waals surface area contributed by atoms with Gasteiger partial charge in [0.2, 0.25) is 0 Å². The maximum absolute atomic E-state index is 5.24. The molecule has 0 bridgehead atoms. The lowest BCUT2D eigenvalue weighted by Crippen LogP contribution is -2.17. The molecule has 0 saturated heterocycles. The Kier molecular flexibility index (Phi) is 5.31. The molecule has 0 aromatic heterocycles. The topological polar surface area (TPSA) is 12.0 Å². The molecule has 0 aliphatic rings. The molecule has 0 aliphatic carbocycles. The summed E-state index contributed by atoms with van der Waals surface area (Å²) in [5.41, 5.74) is 1.32. The van der Waals surface area contributed by atoms with Crippen molar-refractivity contribution >= 4 is 11.8 Å². The lowest BCUT2D eigenvalue weighted by Gasteiger charge is -2.13. The van der Waals surface area contributed by atoms with Gasteiger partial charge in [-0.15, -0.1) is 18.2 Å². The predicted octanol–water partition coefficient (Wildman–Crippen LogP) is 3.08. The second kappa shape index (κ2) is 6.55. The summed E-state index contributed by atoms with van der Waals surface area (Å²) < 4.78 is 0. The van der Waals surface area contributed by atoms with E-state index in [1.165, 1.54) is 10.5 Å². The van der Waals surface area contributed by atoms with Crippen LogP contribution in [0.4, 0.5) is 0 Å². The summed E-state index contributed by atoms with van der Waals surface area (Å²) in [4.78, 5) is 1.25. The number of terminal acetylenes is 1. The van der Waals surface area contributed by atoms with Gasteiger partial charge in [-0.1, -0.05) is 25.0 Å². The fraction of sp³-hybridized carbons (Fsp3) is 0.385. The van der Waals surface area contributed by atoms with Crippen LogP contribution in [-0.4, -0.2) is 12.3 Å². The molecule has 0 saturated carbocycles. The maximum Gasteiger partial charge on any atom is 0.0592 e. The minimum Gasteiger partial charge on any atom is -0.310 e. The average Bonchev–Trinajstić information content (AvgIpc) is 2.27. The molecule has 2 heteroatoms. The third kappa shape index (κ3) is 3.99. The van der Waals surface area contributed by atoms with Crippen LogP contribution in [0.1, 0.15) is 25.5 Å². The van der Waals surface area contributed by atoms with Crippen molar-refractivity contribution in [3.8, 4) is 12.3 Å². The quantitative estimate of drug-likeness (QED) is 0.603. The normalized spacial score (nSPS) is 12.1. The third-order valence-electron chi connectivity index (χ3n) is 2.19. The summed E-state index contributed by atoms with van der Waals surface area (Å²) in [7, 11) is 0. The molecule has 1 nitrogen and oxygen atoms in total. The van der Waals surface area contributed by atoms with Gasteiger partial charge in [0.1, 0.15) is 0 Å². The SMILES string of the molecule is C#CCSc1cccc(C(C)NCC)c1.